The van der Waals surface area contributed by atoms with Crippen LogP contribution in [0.1, 0.15) is 31.9 Å². The summed E-state index contributed by atoms with van der Waals surface area (Å²) in [5.41, 5.74) is 1.57. The minimum absolute atomic E-state index is 0.0193. The molecule has 2 aromatic rings. The van der Waals surface area contributed by atoms with Crippen molar-refractivity contribution >= 4 is 28.4 Å². The summed E-state index contributed by atoms with van der Waals surface area (Å²) >= 11 is 5.71. The first-order chi connectivity index (χ1) is 11.5. The third-order valence-corrected chi connectivity index (χ3v) is 5.39. The Morgan fingerprint density at radius 3 is 2.96 bits per heavy atom. The van der Waals surface area contributed by atoms with E-state index < -0.39 is 5.60 Å². The van der Waals surface area contributed by atoms with Crippen LogP contribution in [-0.4, -0.2) is 45.5 Å². The molecule has 1 aromatic heterocycles. The summed E-state index contributed by atoms with van der Waals surface area (Å²) in [5.74, 6) is 0.190. The molecule has 1 aliphatic heterocycles. The number of amides is 1. The highest BCUT2D eigenvalue weighted by molar-refractivity contribution is 6.27. The molecule has 0 aliphatic carbocycles. The van der Waals surface area contributed by atoms with Gasteiger partial charge in [-0.05, 0) is 49.1 Å². The average molecular weight is 349 g/mol. The van der Waals surface area contributed by atoms with Gasteiger partial charge in [-0.3, -0.25) is 4.79 Å². The largest absolute Gasteiger partial charge is 0.388 e. The third kappa shape index (κ3) is 3.76. The number of carbonyl (C=O) groups excluding carboxylic acids is 1. The molecular weight excluding hydrogens is 324 g/mol. The van der Waals surface area contributed by atoms with Gasteiger partial charge in [-0.1, -0.05) is 25.1 Å². The van der Waals surface area contributed by atoms with Gasteiger partial charge in [0.2, 0.25) is 5.91 Å². The molecule has 0 bridgehead atoms. The summed E-state index contributed by atoms with van der Waals surface area (Å²) in [5, 5.41) is 12.0. The van der Waals surface area contributed by atoms with E-state index in [1.807, 2.05) is 19.1 Å². The van der Waals surface area contributed by atoms with E-state index >= 15 is 0 Å². The standard InChI is InChI=1S/C19H25ClN2O2/c1-2-19(24)10-14(12-22(13-19)18(23)11-20)7-8-16-9-15-5-3-4-6-17(15)21-16/h3-6,9,14,21,24H,2,7-8,10-13H2,1H3/t14-,19-/m0/s1. The van der Waals surface area contributed by atoms with E-state index in [9.17, 15) is 9.90 Å². The minimum Gasteiger partial charge on any atom is -0.388 e. The van der Waals surface area contributed by atoms with Gasteiger partial charge in [0.05, 0.1) is 5.60 Å². The van der Waals surface area contributed by atoms with Gasteiger partial charge in [-0.2, -0.15) is 0 Å². The second-order valence-corrected chi connectivity index (χ2v) is 7.24. The molecule has 2 atom stereocenters. The van der Waals surface area contributed by atoms with Crippen molar-refractivity contribution in [1.29, 1.82) is 0 Å². The van der Waals surface area contributed by atoms with Gasteiger partial charge in [0, 0.05) is 24.3 Å². The van der Waals surface area contributed by atoms with Crippen LogP contribution in [0.4, 0.5) is 0 Å². The fraction of sp³-hybridized carbons (Fsp3) is 0.526. The number of nitrogens with one attached hydrogen (secondary N) is 1. The molecule has 130 valence electrons. The van der Waals surface area contributed by atoms with Crippen LogP contribution in [0, 0.1) is 5.92 Å². The summed E-state index contributed by atoms with van der Waals surface area (Å²) in [6.07, 6.45) is 3.26. The number of aromatic amines is 1. The summed E-state index contributed by atoms with van der Waals surface area (Å²) in [7, 11) is 0. The Bertz CT molecular complexity index is 681. The molecule has 2 N–H and O–H groups in total. The molecule has 1 amide bonds. The Hall–Kier alpha value is -1.52. The van der Waals surface area contributed by atoms with E-state index in [-0.39, 0.29) is 11.8 Å². The maximum atomic E-state index is 12.0. The lowest BCUT2D eigenvalue weighted by atomic mass is 9.81. The molecule has 3 rings (SSSR count). The second kappa shape index (κ2) is 7.16. The van der Waals surface area contributed by atoms with Gasteiger partial charge in [-0.25, -0.2) is 0 Å². The van der Waals surface area contributed by atoms with Crippen LogP contribution in [0.5, 0.6) is 0 Å². The molecular formula is C19H25ClN2O2. The first-order valence-electron chi connectivity index (χ1n) is 8.66. The average Bonchev–Trinajstić information content (AvgIpc) is 3.02. The van der Waals surface area contributed by atoms with Gasteiger partial charge >= 0.3 is 0 Å². The summed E-state index contributed by atoms with van der Waals surface area (Å²) < 4.78 is 0. The molecule has 0 unspecified atom stereocenters. The van der Waals surface area contributed by atoms with Gasteiger partial charge in [0.25, 0.3) is 0 Å². The van der Waals surface area contributed by atoms with Crippen LogP contribution < -0.4 is 0 Å². The molecule has 0 radical (unpaired) electrons. The number of para-hydroxylation sites is 1. The highest BCUT2D eigenvalue weighted by atomic mass is 35.5. The van der Waals surface area contributed by atoms with Gasteiger partial charge in [0.15, 0.2) is 0 Å². The number of β-amino-alcohol motifs (C(OH)–C–C–N with tert-alkyl or cyclic N) is 1. The van der Waals surface area contributed by atoms with E-state index in [1.165, 1.54) is 11.1 Å². The van der Waals surface area contributed by atoms with Gasteiger partial charge in [0.1, 0.15) is 5.88 Å². The Kier molecular flexibility index (Phi) is 5.16. The van der Waals surface area contributed by atoms with Crippen LogP contribution in [0.2, 0.25) is 0 Å². The lowest BCUT2D eigenvalue weighted by molar-refractivity contribution is -0.138. The quantitative estimate of drug-likeness (QED) is 0.814. The molecule has 0 spiro atoms. The Morgan fingerprint density at radius 2 is 2.25 bits per heavy atom. The number of aliphatic hydroxyl groups is 1. The van der Waals surface area contributed by atoms with E-state index in [2.05, 4.69) is 23.2 Å². The number of benzene rings is 1. The van der Waals surface area contributed by atoms with Crippen LogP contribution in [0.15, 0.2) is 30.3 Å². The highest BCUT2D eigenvalue weighted by Crippen LogP contribution is 2.31. The van der Waals surface area contributed by atoms with E-state index in [0.717, 1.165) is 24.8 Å². The fourth-order valence-corrected chi connectivity index (χ4v) is 3.92. The number of carbonyl (C=O) groups is 1. The van der Waals surface area contributed by atoms with E-state index in [1.54, 1.807) is 4.90 Å². The zero-order valence-corrected chi connectivity index (χ0v) is 14.9. The lowest BCUT2D eigenvalue weighted by Gasteiger charge is -2.43. The van der Waals surface area contributed by atoms with Crippen molar-refractivity contribution in [2.75, 3.05) is 19.0 Å². The Morgan fingerprint density at radius 1 is 1.46 bits per heavy atom. The fourth-order valence-electron chi connectivity index (χ4n) is 3.75. The lowest BCUT2D eigenvalue weighted by Crippen LogP contribution is -2.53. The van der Waals surface area contributed by atoms with Crippen molar-refractivity contribution in [3.8, 4) is 0 Å². The molecule has 1 aromatic carbocycles. The number of likely N-dealkylation sites (tertiary alicyclic amines) is 1. The molecule has 2 heterocycles. The van der Waals surface area contributed by atoms with Crippen molar-refractivity contribution in [2.45, 2.75) is 38.2 Å². The van der Waals surface area contributed by atoms with Crippen LogP contribution in [-0.2, 0) is 11.2 Å². The molecule has 0 saturated carbocycles. The number of nitrogens with zero attached hydrogens (tertiary/aromatic N) is 1. The SMILES string of the molecule is CC[C@]1(O)C[C@H](CCc2cc3ccccc3[nH]2)CN(C(=O)CCl)C1. The van der Waals surface area contributed by atoms with Crippen molar-refractivity contribution in [3.05, 3.63) is 36.0 Å². The second-order valence-electron chi connectivity index (χ2n) is 6.98. The van der Waals surface area contributed by atoms with Gasteiger partial charge in [-0.15, -0.1) is 11.6 Å². The number of hydrogen-bond acceptors (Lipinski definition) is 2. The number of fused-ring (bicyclic) bond motifs is 1. The first kappa shape index (κ1) is 17.3. The number of aromatic nitrogens is 1. The molecule has 5 heteroatoms. The minimum atomic E-state index is -0.787. The number of H-pyrrole nitrogens is 1. The predicted octanol–water partition coefficient (Wildman–Crippen LogP) is 3.33. The summed E-state index contributed by atoms with van der Waals surface area (Å²) in [6, 6.07) is 10.4. The van der Waals surface area contributed by atoms with E-state index in [4.69, 9.17) is 11.6 Å². The summed E-state index contributed by atoms with van der Waals surface area (Å²) in [4.78, 5) is 17.2. The van der Waals surface area contributed by atoms with Crippen molar-refractivity contribution in [1.82, 2.24) is 9.88 Å². The molecule has 24 heavy (non-hydrogen) atoms. The maximum absolute atomic E-state index is 12.0. The van der Waals surface area contributed by atoms with Crippen molar-refractivity contribution in [2.24, 2.45) is 5.92 Å². The van der Waals surface area contributed by atoms with Crippen LogP contribution >= 0.6 is 11.6 Å². The number of hydrogen-bond donors (Lipinski definition) is 2. The monoisotopic (exact) mass is 348 g/mol. The Balaban J connectivity index is 1.67. The van der Waals surface area contributed by atoms with Crippen molar-refractivity contribution < 1.29 is 9.90 Å². The molecule has 1 fully saturated rings. The number of aryl methyl sites for hydroxylation is 1. The first-order valence-corrected chi connectivity index (χ1v) is 9.19. The van der Waals surface area contributed by atoms with Crippen LogP contribution in [0.25, 0.3) is 10.9 Å². The van der Waals surface area contributed by atoms with Gasteiger partial charge < -0.3 is 15.0 Å². The number of alkyl halides is 1. The zero-order chi connectivity index (χ0) is 17.2. The van der Waals surface area contributed by atoms with Crippen molar-refractivity contribution in [3.63, 3.8) is 0 Å². The number of rotatable bonds is 5. The normalized spacial score (nSPS) is 24.5. The summed E-state index contributed by atoms with van der Waals surface area (Å²) in [6.45, 7) is 3.06. The Labute approximate surface area is 147 Å². The topological polar surface area (TPSA) is 56.3 Å². The molecule has 4 nitrogen and oxygen atoms in total. The molecule has 1 aliphatic rings. The van der Waals surface area contributed by atoms with Crippen LogP contribution in [0.3, 0.4) is 0 Å². The number of halogens is 1. The predicted molar refractivity (Wildman–Crippen MR) is 97.3 cm³/mol. The third-order valence-electron chi connectivity index (χ3n) is 5.17. The maximum Gasteiger partial charge on any atom is 0.237 e. The van der Waals surface area contributed by atoms with E-state index in [0.29, 0.717) is 25.4 Å². The zero-order valence-electron chi connectivity index (χ0n) is 14.1. The highest BCUT2D eigenvalue weighted by Gasteiger charge is 2.38. The molecule has 1 saturated heterocycles. The smallest absolute Gasteiger partial charge is 0.237 e. The number of piperidine rings is 1.